The van der Waals surface area contributed by atoms with Gasteiger partial charge in [-0.15, -0.1) is 11.3 Å². The fraction of sp³-hybridized carbons (Fsp3) is 0.214. The Morgan fingerprint density at radius 3 is 2.90 bits per heavy atom. The monoisotopic (exact) mass is 288 g/mol. The van der Waals surface area contributed by atoms with Crippen LogP contribution in [0.25, 0.3) is 10.1 Å². The Balaban J connectivity index is 1.78. The van der Waals surface area contributed by atoms with Crippen molar-refractivity contribution in [1.29, 1.82) is 0 Å². The first-order chi connectivity index (χ1) is 9.63. The minimum Gasteiger partial charge on any atom is -0.448 e. The summed E-state index contributed by atoms with van der Waals surface area (Å²) in [5.74, 6) is 0.441. The first-order valence-corrected chi connectivity index (χ1v) is 6.95. The maximum Gasteiger partial charge on any atom is 0.349 e. The summed E-state index contributed by atoms with van der Waals surface area (Å²) in [7, 11) is 0. The predicted molar refractivity (Wildman–Crippen MR) is 74.7 cm³/mol. The number of fused-ring (bicyclic) bond motifs is 1. The van der Waals surface area contributed by atoms with E-state index >= 15 is 0 Å². The first kappa shape index (κ1) is 12.8. The van der Waals surface area contributed by atoms with Crippen LogP contribution in [0.5, 0.6) is 0 Å². The zero-order chi connectivity index (χ0) is 14.1. The third-order valence-electron chi connectivity index (χ3n) is 2.80. The van der Waals surface area contributed by atoms with Crippen molar-refractivity contribution in [3.05, 3.63) is 46.9 Å². The van der Waals surface area contributed by atoms with Crippen LogP contribution in [0.3, 0.4) is 0 Å². The molecule has 0 bridgehead atoms. The molecule has 3 aromatic rings. The van der Waals surface area contributed by atoms with Crippen molar-refractivity contribution >= 4 is 27.4 Å². The van der Waals surface area contributed by atoms with Crippen LogP contribution in [-0.2, 0) is 4.74 Å². The van der Waals surface area contributed by atoms with Gasteiger partial charge in [0.1, 0.15) is 4.88 Å². The van der Waals surface area contributed by atoms with E-state index in [0.29, 0.717) is 16.6 Å². The molecule has 1 aromatic carbocycles. The Bertz CT molecular complexity index is 729. The molecular weight excluding hydrogens is 276 g/mol. The lowest BCUT2D eigenvalue weighted by Crippen LogP contribution is -2.08. The minimum atomic E-state index is -0.561. The average Bonchev–Trinajstić information content (AvgIpc) is 3.04. The topological polar surface area (TPSA) is 65.2 Å². The highest BCUT2D eigenvalue weighted by Crippen LogP contribution is 2.27. The number of nitrogens with zero attached hydrogens (tertiary/aromatic N) is 2. The lowest BCUT2D eigenvalue weighted by atomic mass is 10.2. The molecule has 2 heterocycles. The van der Waals surface area contributed by atoms with Gasteiger partial charge in [-0.2, -0.15) is 4.98 Å². The van der Waals surface area contributed by atoms with Gasteiger partial charge in [0.2, 0.25) is 0 Å². The molecule has 0 aliphatic heterocycles. The van der Waals surface area contributed by atoms with Crippen LogP contribution in [0, 0.1) is 6.92 Å². The lowest BCUT2D eigenvalue weighted by Gasteiger charge is -2.07. The normalized spacial score (nSPS) is 12.5. The molecule has 0 spiro atoms. The van der Waals surface area contributed by atoms with Crippen molar-refractivity contribution in [3.8, 4) is 0 Å². The molecule has 6 heteroatoms. The summed E-state index contributed by atoms with van der Waals surface area (Å²) < 4.78 is 11.4. The summed E-state index contributed by atoms with van der Waals surface area (Å²) in [6.45, 7) is 3.42. The maximum absolute atomic E-state index is 12.1. The summed E-state index contributed by atoms with van der Waals surface area (Å²) in [4.78, 5) is 16.7. The summed E-state index contributed by atoms with van der Waals surface area (Å²) in [6.07, 6.45) is -0.561. The molecule has 0 radical (unpaired) electrons. The predicted octanol–water partition coefficient (Wildman–Crippen LogP) is 3.51. The van der Waals surface area contributed by atoms with E-state index in [1.54, 1.807) is 13.8 Å². The fourth-order valence-electron chi connectivity index (χ4n) is 1.83. The average molecular weight is 288 g/mol. The zero-order valence-corrected chi connectivity index (χ0v) is 11.8. The van der Waals surface area contributed by atoms with Crippen molar-refractivity contribution in [3.63, 3.8) is 0 Å². The van der Waals surface area contributed by atoms with Gasteiger partial charge in [0.05, 0.1) is 0 Å². The standard InChI is InChI=1S/C14H12N2O3S/c1-8(13-15-9(2)16-19-13)18-14(17)12-7-10-5-3-4-6-11(10)20-12/h3-8H,1-2H3. The Morgan fingerprint density at radius 1 is 1.40 bits per heavy atom. The number of hydrogen-bond acceptors (Lipinski definition) is 6. The summed E-state index contributed by atoms with van der Waals surface area (Å²) in [5.41, 5.74) is 0. The van der Waals surface area contributed by atoms with E-state index in [9.17, 15) is 4.79 Å². The highest BCUT2D eigenvalue weighted by molar-refractivity contribution is 7.20. The van der Waals surface area contributed by atoms with Gasteiger partial charge >= 0.3 is 5.97 Å². The number of aryl methyl sites for hydroxylation is 1. The van der Waals surface area contributed by atoms with Crippen molar-refractivity contribution in [2.45, 2.75) is 20.0 Å². The molecule has 102 valence electrons. The third-order valence-corrected chi connectivity index (χ3v) is 3.90. The largest absolute Gasteiger partial charge is 0.448 e. The number of thiophene rings is 1. The second-order valence-corrected chi connectivity index (χ2v) is 5.46. The lowest BCUT2D eigenvalue weighted by molar-refractivity contribution is 0.0271. The quantitative estimate of drug-likeness (QED) is 0.690. The summed E-state index contributed by atoms with van der Waals surface area (Å²) in [6, 6.07) is 9.65. The van der Waals surface area contributed by atoms with Crippen molar-refractivity contribution in [2.75, 3.05) is 0 Å². The highest BCUT2D eigenvalue weighted by atomic mass is 32.1. The molecule has 5 nitrogen and oxygen atoms in total. The van der Waals surface area contributed by atoms with Gasteiger partial charge in [0, 0.05) is 4.70 Å². The maximum atomic E-state index is 12.1. The number of aromatic nitrogens is 2. The molecular formula is C14H12N2O3S. The molecule has 0 aliphatic carbocycles. The Labute approximate surface area is 119 Å². The number of benzene rings is 1. The van der Waals surface area contributed by atoms with Gasteiger partial charge in [-0.25, -0.2) is 4.79 Å². The highest BCUT2D eigenvalue weighted by Gasteiger charge is 2.20. The molecule has 1 atom stereocenters. The molecule has 0 saturated heterocycles. The van der Waals surface area contributed by atoms with Crippen molar-refractivity contribution in [1.82, 2.24) is 10.1 Å². The van der Waals surface area contributed by atoms with Crippen LogP contribution in [0.1, 0.15) is 34.4 Å². The Hall–Kier alpha value is -2.21. The Morgan fingerprint density at radius 2 is 2.20 bits per heavy atom. The van der Waals surface area contributed by atoms with E-state index < -0.39 is 6.10 Å². The number of rotatable bonds is 3. The molecule has 20 heavy (non-hydrogen) atoms. The molecule has 0 saturated carbocycles. The second kappa shape index (κ2) is 5.05. The smallest absolute Gasteiger partial charge is 0.349 e. The van der Waals surface area contributed by atoms with Gasteiger partial charge in [0.25, 0.3) is 5.89 Å². The van der Waals surface area contributed by atoms with Crippen molar-refractivity contribution in [2.24, 2.45) is 0 Å². The fourth-order valence-corrected chi connectivity index (χ4v) is 2.78. The number of hydrogen-bond donors (Lipinski definition) is 0. The molecule has 0 amide bonds. The van der Waals surface area contributed by atoms with Crippen LogP contribution >= 0.6 is 11.3 Å². The van der Waals surface area contributed by atoms with Gasteiger partial charge in [-0.1, -0.05) is 23.4 Å². The number of carbonyl (C=O) groups is 1. The van der Waals surface area contributed by atoms with Crippen LogP contribution in [0.4, 0.5) is 0 Å². The van der Waals surface area contributed by atoms with Crippen LogP contribution in [0.15, 0.2) is 34.9 Å². The first-order valence-electron chi connectivity index (χ1n) is 6.13. The van der Waals surface area contributed by atoms with E-state index in [1.807, 2.05) is 30.3 Å². The van der Waals surface area contributed by atoms with Crippen molar-refractivity contribution < 1.29 is 14.1 Å². The SMILES string of the molecule is Cc1noc(C(C)OC(=O)c2cc3ccccc3s2)n1. The zero-order valence-electron chi connectivity index (χ0n) is 11.0. The van der Waals surface area contributed by atoms with E-state index in [0.717, 1.165) is 10.1 Å². The second-order valence-electron chi connectivity index (χ2n) is 4.38. The Kier molecular flexibility index (Phi) is 3.23. The minimum absolute atomic E-state index is 0.303. The van der Waals surface area contributed by atoms with E-state index in [1.165, 1.54) is 11.3 Å². The summed E-state index contributed by atoms with van der Waals surface area (Å²) >= 11 is 1.41. The third kappa shape index (κ3) is 2.42. The number of carbonyl (C=O) groups excluding carboxylic acids is 1. The molecule has 3 rings (SSSR count). The molecule has 0 fully saturated rings. The van der Waals surface area contributed by atoms with Gasteiger partial charge < -0.3 is 9.26 Å². The van der Waals surface area contributed by atoms with Crippen LogP contribution < -0.4 is 0 Å². The van der Waals surface area contributed by atoms with Gasteiger partial charge in [0.15, 0.2) is 11.9 Å². The van der Waals surface area contributed by atoms with E-state index in [-0.39, 0.29) is 5.97 Å². The van der Waals surface area contributed by atoms with Crippen LogP contribution in [-0.4, -0.2) is 16.1 Å². The number of esters is 1. The molecule has 2 aromatic heterocycles. The molecule has 0 N–H and O–H groups in total. The van der Waals surface area contributed by atoms with Crippen LogP contribution in [0.2, 0.25) is 0 Å². The van der Waals surface area contributed by atoms with Gasteiger partial charge in [-0.3, -0.25) is 0 Å². The van der Waals surface area contributed by atoms with E-state index in [4.69, 9.17) is 9.26 Å². The van der Waals surface area contributed by atoms with Gasteiger partial charge in [-0.05, 0) is 31.4 Å². The molecule has 1 unspecified atom stereocenters. The summed E-state index contributed by atoms with van der Waals surface area (Å²) in [5, 5.41) is 4.71. The number of ether oxygens (including phenoxy) is 1. The van der Waals surface area contributed by atoms with E-state index in [2.05, 4.69) is 10.1 Å². The molecule has 0 aliphatic rings.